The highest BCUT2D eigenvalue weighted by Gasteiger charge is 2.29. The van der Waals surface area contributed by atoms with Gasteiger partial charge in [-0.2, -0.15) is 0 Å². The molecule has 1 aliphatic rings. The van der Waals surface area contributed by atoms with Crippen molar-refractivity contribution in [3.63, 3.8) is 0 Å². The predicted molar refractivity (Wildman–Crippen MR) is 90.7 cm³/mol. The SMILES string of the molecule is O=C(c1ccccc1)C1CC(c2ccc3ccccc3c2)=NO1. The van der Waals surface area contributed by atoms with Gasteiger partial charge in [0, 0.05) is 17.5 Å². The zero-order valence-electron chi connectivity index (χ0n) is 12.5. The molecule has 0 saturated carbocycles. The number of fused-ring (bicyclic) bond motifs is 1. The van der Waals surface area contributed by atoms with Crippen molar-refractivity contribution in [2.45, 2.75) is 12.5 Å². The van der Waals surface area contributed by atoms with Crippen LogP contribution in [0.2, 0.25) is 0 Å². The van der Waals surface area contributed by atoms with E-state index in [-0.39, 0.29) is 5.78 Å². The van der Waals surface area contributed by atoms with Crippen LogP contribution < -0.4 is 0 Å². The Hall–Kier alpha value is -2.94. The fourth-order valence-electron chi connectivity index (χ4n) is 2.85. The summed E-state index contributed by atoms with van der Waals surface area (Å²) in [5.74, 6) is -0.0230. The van der Waals surface area contributed by atoms with Crippen molar-refractivity contribution in [1.82, 2.24) is 0 Å². The molecule has 0 fully saturated rings. The van der Waals surface area contributed by atoms with E-state index in [2.05, 4.69) is 29.4 Å². The van der Waals surface area contributed by atoms with Gasteiger partial charge in [-0.15, -0.1) is 0 Å². The average molecular weight is 301 g/mol. The number of hydrogen-bond acceptors (Lipinski definition) is 3. The number of carbonyl (C=O) groups is 1. The fourth-order valence-corrected chi connectivity index (χ4v) is 2.85. The van der Waals surface area contributed by atoms with Gasteiger partial charge >= 0.3 is 0 Å². The van der Waals surface area contributed by atoms with Crippen molar-refractivity contribution in [2.75, 3.05) is 0 Å². The van der Waals surface area contributed by atoms with Gasteiger partial charge in [-0.25, -0.2) is 0 Å². The monoisotopic (exact) mass is 301 g/mol. The van der Waals surface area contributed by atoms with Crippen molar-refractivity contribution in [1.29, 1.82) is 0 Å². The Balaban J connectivity index is 1.56. The predicted octanol–water partition coefficient (Wildman–Crippen LogP) is 4.22. The lowest BCUT2D eigenvalue weighted by Gasteiger charge is -2.07. The van der Waals surface area contributed by atoms with Gasteiger partial charge in [0.25, 0.3) is 0 Å². The molecule has 1 heterocycles. The zero-order valence-corrected chi connectivity index (χ0v) is 12.5. The summed E-state index contributed by atoms with van der Waals surface area (Å²) >= 11 is 0. The van der Waals surface area contributed by atoms with Crippen LogP contribution in [-0.2, 0) is 4.84 Å². The molecular formula is C20H15NO2. The first-order valence-electron chi connectivity index (χ1n) is 7.62. The van der Waals surface area contributed by atoms with Crippen molar-refractivity contribution >= 4 is 22.3 Å². The maximum atomic E-state index is 12.4. The lowest BCUT2D eigenvalue weighted by Crippen LogP contribution is -2.21. The smallest absolute Gasteiger partial charge is 0.206 e. The Morgan fingerprint density at radius 3 is 2.48 bits per heavy atom. The Bertz CT molecular complexity index is 900. The van der Waals surface area contributed by atoms with Gasteiger partial charge in [-0.3, -0.25) is 4.79 Å². The minimum Gasteiger partial charge on any atom is -0.383 e. The zero-order chi connectivity index (χ0) is 15.6. The lowest BCUT2D eigenvalue weighted by atomic mass is 9.97. The van der Waals surface area contributed by atoms with Crippen molar-refractivity contribution in [2.24, 2.45) is 5.16 Å². The first-order chi connectivity index (χ1) is 11.3. The van der Waals surface area contributed by atoms with Gasteiger partial charge in [0.2, 0.25) is 5.78 Å². The lowest BCUT2D eigenvalue weighted by molar-refractivity contribution is 0.0556. The fraction of sp³-hybridized carbons (Fsp3) is 0.100. The number of oxime groups is 1. The molecule has 0 spiro atoms. The summed E-state index contributed by atoms with van der Waals surface area (Å²) in [7, 11) is 0. The molecule has 0 aromatic heterocycles. The van der Waals surface area contributed by atoms with Crippen LogP contribution in [-0.4, -0.2) is 17.6 Å². The second kappa shape index (κ2) is 5.69. The van der Waals surface area contributed by atoms with E-state index in [0.717, 1.165) is 16.7 Å². The van der Waals surface area contributed by atoms with Crippen LogP contribution in [0.25, 0.3) is 10.8 Å². The van der Waals surface area contributed by atoms with E-state index in [1.807, 2.05) is 36.4 Å². The molecule has 1 unspecified atom stereocenters. The minimum atomic E-state index is -0.529. The maximum absolute atomic E-state index is 12.4. The first kappa shape index (κ1) is 13.7. The number of carbonyl (C=O) groups excluding carboxylic acids is 1. The van der Waals surface area contributed by atoms with Gasteiger partial charge in [-0.1, -0.05) is 71.9 Å². The minimum absolute atomic E-state index is 0.0230. The van der Waals surface area contributed by atoms with E-state index in [4.69, 9.17) is 4.84 Å². The normalized spacial score (nSPS) is 16.9. The Labute approximate surface area is 134 Å². The number of benzene rings is 3. The highest BCUT2D eigenvalue weighted by atomic mass is 16.6. The summed E-state index contributed by atoms with van der Waals surface area (Å²) in [6, 6.07) is 23.6. The molecule has 3 aromatic carbocycles. The van der Waals surface area contributed by atoms with E-state index < -0.39 is 6.10 Å². The van der Waals surface area contributed by atoms with E-state index in [0.29, 0.717) is 12.0 Å². The van der Waals surface area contributed by atoms with Crippen LogP contribution in [0.5, 0.6) is 0 Å². The molecule has 1 aliphatic heterocycles. The summed E-state index contributed by atoms with van der Waals surface area (Å²) in [6.07, 6.45) is -0.0228. The summed E-state index contributed by atoms with van der Waals surface area (Å²) < 4.78 is 0. The average Bonchev–Trinajstić information content (AvgIpc) is 3.11. The van der Waals surface area contributed by atoms with Crippen LogP contribution in [0.1, 0.15) is 22.3 Å². The number of rotatable bonds is 3. The molecular weight excluding hydrogens is 286 g/mol. The van der Waals surface area contributed by atoms with Gasteiger partial charge in [0.15, 0.2) is 6.10 Å². The summed E-state index contributed by atoms with van der Waals surface area (Å²) in [5, 5.41) is 6.48. The quantitative estimate of drug-likeness (QED) is 0.679. The molecule has 3 heteroatoms. The molecule has 112 valence electrons. The molecule has 4 rings (SSSR count). The molecule has 1 atom stereocenters. The third kappa shape index (κ3) is 2.61. The molecule has 3 nitrogen and oxygen atoms in total. The van der Waals surface area contributed by atoms with Gasteiger partial charge in [-0.05, 0) is 16.8 Å². The highest BCUT2D eigenvalue weighted by Crippen LogP contribution is 2.23. The summed E-state index contributed by atoms with van der Waals surface area (Å²) in [4.78, 5) is 17.8. The number of Topliss-reactive ketones (excluding diaryl/α,β-unsaturated/α-hetero) is 1. The molecule has 0 radical (unpaired) electrons. The largest absolute Gasteiger partial charge is 0.383 e. The third-order valence-electron chi connectivity index (χ3n) is 4.10. The molecule has 0 aliphatic carbocycles. The number of hydrogen-bond donors (Lipinski definition) is 0. The molecule has 3 aromatic rings. The van der Waals surface area contributed by atoms with Crippen LogP contribution in [0, 0.1) is 0 Å². The Morgan fingerprint density at radius 1 is 0.913 bits per heavy atom. The van der Waals surface area contributed by atoms with Crippen LogP contribution in [0.3, 0.4) is 0 Å². The van der Waals surface area contributed by atoms with E-state index in [1.165, 1.54) is 5.39 Å². The van der Waals surface area contributed by atoms with Crippen LogP contribution in [0.15, 0.2) is 78.0 Å². The second-order valence-electron chi connectivity index (χ2n) is 5.63. The first-order valence-corrected chi connectivity index (χ1v) is 7.62. The topological polar surface area (TPSA) is 38.7 Å². The van der Waals surface area contributed by atoms with E-state index in [9.17, 15) is 4.79 Å². The molecule has 0 N–H and O–H groups in total. The summed E-state index contributed by atoms with van der Waals surface area (Å²) in [6.45, 7) is 0. The standard InChI is InChI=1S/C20H15NO2/c22-20(15-7-2-1-3-8-15)19-13-18(21-23-19)17-11-10-14-6-4-5-9-16(14)12-17/h1-12,19H,13H2. The number of ketones is 1. The molecule has 0 amide bonds. The number of nitrogens with zero attached hydrogens (tertiary/aromatic N) is 1. The summed E-state index contributed by atoms with van der Waals surface area (Å²) in [5.41, 5.74) is 2.49. The van der Waals surface area contributed by atoms with Gasteiger partial charge in [0.05, 0.1) is 5.71 Å². The van der Waals surface area contributed by atoms with E-state index >= 15 is 0 Å². The molecule has 0 saturated heterocycles. The van der Waals surface area contributed by atoms with Crippen LogP contribution >= 0.6 is 0 Å². The third-order valence-corrected chi connectivity index (χ3v) is 4.10. The Morgan fingerprint density at radius 2 is 1.65 bits per heavy atom. The van der Waals surface area contributed by atoms with E-state index in [1.54, 1.807) is 12.1 Å². The highest BCUT2D eigenvalue weighted by molar-refractivity contribution is 6.09. The molecule has 0 bridgehead atoms. The molecule has 23 heavy (non-hydrogen) atoms. The Kier molecular flexibility index (Phi) is 3.39. The second-order valence-corrected chi connectivity index (χ2v) is 5.63. The van der Waals surface area contributed by atoms with Crippen LogP contribution in [0.4, 0.5) is 0 Å². The maximum Gasteiger partial charge on any atom is 0.206 e. The van der Waals surface area contributed by atoms with Crippen molar-refractivity contribution in [3.05, 3.63) is 83.9 Å². The van der Waals surface area contributed by atoms with Crippen molar-refractivity contribution in [3.8, 4) is 0 Å². The van der Waals surface area contributed by atoms with Crippen molar-refractivity contribution < 1.29 is 9.63 Å². The van der Waals surface area contributed by atoms with Gasteiger partial charge < -0.3 is 4.84 Å². The van der Waals surface area contributed by atoms with Gasteiger partial charge in [0.1, 0.15) is 0 Å².